The molecule has 1 aliphatic rings. The normalized spacial score (nSPS) is 15.4. The van der Waals surface area contributed by atoms with E-state index in [-0.39, 0.29) is 11.6 Å². The maximum absolute atomic E-state index is 6.13. The molecule has 0 amide bonds. The average Bonchev–Trinajstić information content (AvgIpc) is 2.67. The number of guanidine groups is 1. The second-order valence-electron chi connectivity index (χ2n) is 8.27. The van der Waals surface area contributed by atoms with Crippen molar-refractivity contribution in [1.29, 1.82) is 0 Å². The lowest BCUT2D eigenvalue weighted by molar-refractivity contribution is 0.112. The van der Waals surface area contributed by atoms with E-state index in [1.165, 1.54) is 11.1 Å². The van der Waals surface area contributed by atoms with E-state index in [9.17, 15) is 0 Å². The standard InChI is InChI=1S/C23H32N4O/c1-17(2)28-21-11-9-20(10-12-21)26-22(24)25-16-23(3,4)27-14-13-18-7-5-6-8-19(18)15-27/h5-12,17H,13-16H2,1-4H3,(H3,24,25,26). The van der Waals surface area contributed by atoms with Crippen LogP contribution in [-0.4, -0.2) is 35.6 Å². The van der Waals surface area contributed by atoms with Crippen molar-refractivity contribution in [2.45, 2.75) is 52.3 Å². The first-order valence-electron chi connectivity index (χ1n) is 9.99. The van der Waals surface area contributed by atoms with E-state index in [0.29, 0.717) is 12.5 Å². The van der Waals surface area contributed by atoms with Crippen LogP contribution in [0.3, 0.4) is 0 Å². The molecule has 0 fully saturated rings. The Labute approximate surface area is 168 Å². The van der Waals surface area contributed by atoms with Crippen molar-refractivity contribution in [3.8, 4) is 5.75 Å². The maximum Gasteiger partial charge on any atom is 0.193 e. The van der Waals surface area contributed by atoms with Crippen LogP contribution >= 0.6 is 0 Å². The van der Waals surface area contributed by atoms with Crippen LogP contribution in [0.1, 0.15) is 38.8 Å². The van der Waals surface area contributed by atoms with Crippen molar-refractivity contribution >= 4 is 11.6 Å². The van der Waals surface area contributed by atoms with E-state index in [1.807, 2.05) is 38.1 Å². The van der Waals surface area contributed by atoms with Gasteiger partial charge in [0.1, 0.15) is 5.75 Å². The minimum atomic E-state index is -0.0607. The van der Waals surface area contributed by atoms with Crippen LogP contribution in [0.15, 0.2) is 53.5 Å². The summed E-state index contributed by atoms with van der Waals surface area (Å²) in [5.41, 5.74) is 9.85. The lowest BCUT2D eigenvalue weighted by Gasteiger charge is -2.40. The fraction of sp³-hybridized carbons (Fsp3) is 0.435. The molecule has 0 radical (unpaired) electrons. The largest absolute Gasteiger partial charge is 0.491 e. The summed E-state index contributed by atoms with van der Waals surface area (Å²) in [6, 6.07) is 16.5. The summed E-state index contributed by atoms with van der Waals surface area (Å²) in [7, 11) is 0. The minimum Gasteiger partial charge on any atom is -0.491 e. The SMILES string of the molecule is CC(C)Oc1ccc(NC(N)=NCC(C)(C)N2CCc3ccccc3C2)cc1. The van der Waals surface area contributed by atoms with Gasteiger partial charge in [-0.15, -0.1) is 0 Å². The number of nitrogens with one attached hydrogen (secondary N) is 1. The zero-order chi connectivity index (χ0) is 20.1. The molecule has 0 saturated carbocycles. The van der Waals surface area contributed by atoms with E-state index >= 15 is 0 Å². The summed E-state index contributed by atoms with van der Waals surface area (Å²) in [5, 5.41) is 3.17. The third-order valence-corrected chi connectivity index (χ3v) is 5.12. The van der Waals surface area contributed by atoms with Gasteiger partial charge in [0, 0.05) is 24.3 Å². The summed E-state index contributed by atoms with van der Waals surface area (Å²) < 4.78 is 5.66. The summed E-state index contributed by atoms with van der Waals surface area (Å²) in [5.74, 6) is 1.28. The first-order valence-corrected chi connectivity index (χ1v) is 9.99. The van der Waals surface area contributed by atoms with Gasteiger partial charge in [0.05, 0.1) is 12.6 Å². The van der Waals surface area contributed by atoms with Crippen LogP contribution in [0.5, 0.6) is 5.75 Å². The Morgan fingerprint density at radius 3 is 2.50 bits per heavy atom. The highest BCUT2D eigenvalue weighted by Crippen LogP contribution is 2.25. The summed E-state index contributed by atoms with van der Waals surface area (Å²) in [6.07, 6.45) is 1.25. The van der Waals surface area contributed by atoms with E-state index < -0.39 is 0 Å². The molecular formula is C23H32N4O. The zero-order valence-corrected chi connectivity index (χ0v) is 17.4. The number of rotatable bonds is 6. The van der Waals surface area contributed by atoms with E-state index in [1.54, 1.807) is 0 Å². The van der Waals surface area contributed by atoms with Gasteiger partial charge in [0.15, 0.2) is 5.96 Å². The monoisotopic (exact) mass is 380 g/mol. The molecule has 0 atom stereocenters. The first kappa shape index (κ1) is 20.2. The fourth-order valence-electron chi connectivity index (χ4n) is 3.47. The van der Waals surface area contributed by atoms with Gasteiger partial charge in [-0.1, -0.05) is 24.3 Å². The molecular weight excluding hydrogens is 348 g/mol. The van der Waals surface area contributed by atoms with Crippen LogP contribution in [0.25, 0.3) is 0 Å². The molecule has 150 valence electrons. The number of hydrogen-bond acceptors (Lipinski definition) is 3. The Morgan fingerprint density at radius 1 is 1.14 bits per heavy atom. The topological polar surface area (TPSA) is 62.9 Å². The molecule has 1 aliphatic heterocycles. The number of nitrogens with two attached hydrogens (primary N) is 1. The summed E-state index contributed by atoms with van der Waals surface area (Å²) >= 11 is 0. The number of fused-ring (bicyclic) bond motifs is 1. The second-order valence-corrected chi connectivity index (χ2v) is 8.27. The van der Waals surface area contributed by atoms with Crippen molar-refractivity contribution in [2.24, 2.45) is 10.7 Å². The van der Waals surface area contributed by atoms with Gasteiger partial charge in [0.25, 0.3) is 0 Å². The number of benzene rings is 2. The predicted molar refractivity (Wildman–Crippen MR) is 117 cm³/mol. The number of aliphatic imine (C=N–C) groups is 1. The van der Waals surface area contributed by atoms with Crippen LogP contribution in [0.2, 0.25) is 0 Å². The van der Waals surface area contributed by atoms with Crippen LogP contribution in [0, 0.1) is 0 Å². The maximum atomic E-state index is 6.13. The molecule has 3 rings (SSSR count). The third-order valence-electron chi connectivity index (χ3n) is 5.12. The van der Waals surface area contributed by atoms with Crippen LogP contribution in [-0.2, 0) is 13.0 Å². The lowest BCUT2D eigenvalue weighted by Crippen LogP contribution is -2.49. The molecule has 3 N–H and O–H groups in total. The van der Waals surface area contributed by atoms with Gasteiger partial charge in [0.2, 0.25) is 0 Å². The molecule has 0 aliphatic carbocycles. The van der Waals surface area contributed by atoms with Gasteiger partial charge in [-0.25, -0.2) is 0 Å². The van der Waals surface area contributed by atoms with Gasteiger partial charge in [-0.2, -0.15) is 0 Å². The van der Waals surface area contributed by atoms with E-state index in [4.69, 9.17) is 10.5 Å². The van der Waals surface area contributed by atoms with Gasteiger partial charge >= 0.3 is 0 Å². The Morgan fingerprint density at radius 2 is 1.82 bits per heavy atom. The number of hydrogen-bond donors (Lipinski definition) is 2. The molecule has 0 unspecified atom stereocenters. The van der Waals surface area contributed by atoms with E-state index in [0.717, 1.165) is 30.9 Å². The van der Waals surface area contributed by atoms with Crippen molar-refractivity contribution in [3.05, 3.63) is 59.7 Å². The summed E-state index contributed by atoms with van der Waals surface area (Å²) in [4.78, 5) is 7.09. The summed E-state index contributed by atoms with van der Waals surface area (Å²) in [6.45, 7) is 11.1. The van der Waals surface area contributed by atoms with Crippen LogP contribution < -0.4 is 15.8 Å². The molecule has 28 heavy (non-hydrogen) atoms. The quantitative estimate of drug-likeness (QED) is 0.586. The highest BCUT2D eigenvalue weighted by atomic mass is 16.5. The smallest absolute Gasteiger partial charge is 0.193 e. The predicted octanol–water partition coefficient (Wildman–Crippen LogP) is 4.04. The fourth-order valence-corrected chi connectivity index (χ4v) is 3.47. The lowest BCUT2D eigenvalue weighted by atomic mass is 9.94. The van der Waals surface area contributed by atoms with Gasteiger partial charge in [-0.05, 0) is 69.5 Å². The average molecular weight is 381 g/mol. The van der Waals surface area contributed by atoms with Crippen molar-refractivity contribution in [3.63, 3.8) is 0 Å². The molecule has 0 spiro atoms. The van der Waals surface area contributed by atoms with Gasteiger partial charge in [-0.3, -0.25) is 9.89 Å². The van der Waals surface area contributed by atoms with Crippen molar-refractivity contribution in [1.82, 2.24) is 4.90 Å². The Kier molecular flexibility index (Phi) is 6.25. The Balaban J connectivity index is 1.57. The molecule has 0 saturated heterocycles. The van der Waals surface area contributed by atoms with Crippen molar-refractivity contribution < 1.29 is 4.74 Å². The number of ether oxygens (including phenoxy) is 1. The number of nitrogens with zero attached hydrogens (tertiary/aromatic N) is 2. The Bertz CT molecular complexity index is 812. The molecule has 0 aromatic heterocycles. The van der Waals surface area contributed by atoms with E-state index in [2.05, 4.69) is 53.3 Å². The highest BCUT2D eigenvalue weighted by molar-refractivity contribution is 5.92. The molecule has 1 heterocycles. The molecule has 5 heteroatoms. The van der Waals surface area contributed by atoms with Crippen molar-refractivity contribution in [2.75, 3.05) is 18.4 Å². The minimum absolute atomic E-state index is 0.0607. The first-order chi connectivity index (χ1) is 13.3. The second kappa shape index (κ2) is 8.65. The molecule has 5 nitrogen and oxygen atoms in total. The molecule has 2 aromatic carbocycles. The highest BCUT2D eigenvalue weighted by Gasteiger charge is 2.29. The number of anilines is 1. The third kappa shape index (κ3) is 5.26. The van der Waals surface area contributed by atoms with Crippen LogP contribution in [0.4, 0.5) is 5.69 Å². The molecule has 2 aromatic rings. The zero-order valence-electron chi connectivity index (χ0n) is 17.4. The van der Waals surface area contributed by atoms with Gasteiger partial charge < -0.3 is 15.8 Å². The Hall–Kier alpha value is -2.53. The molecule has 0 bridgehead atoms.